The van der Waals surface area contributed by atoms with Gasteiger partial charge in [0.1, 0.15) is 5.82 Å². The molecule has 0 bridgehead atoms. The van der Waals surface area contributed by atoms with E-state index >= 15 is 0 Å². The summed E-state index contributed by atoms with van der Waals surface area (Å²) in [5.74, 6) is -1.10. The van der Waals surface area contributed by atoms with Crippen molar-refractivity contribution in [3.05, 3.63) is 59.4 Å². The summed E-state index contributed by atoms with van der Waals surface area (Å²) in [6.07, 6.45) is 0. The van der Waals surface area contributed by atoms with E-state index in [2.05, 4.69) is 17.9 Å². The van der Waals surface area contributed by atoms with Crippen LogP contribution in [0.5, 0.6) is 0 Å². The van der Waals surface area contributed by atoms with Gasteiger partial charge in [-0.25, -0.2) is 4.39 Å². The maximum Gasteiger partial charge on any atom is 0.256 e. The van der Waals surface area contributed by atoms with Gasteiger partial charge in [0.15, 0.2) is 0 Å². The Labute approximate surface area is 115 Å². The molecule has 0 spiro atoms. The number of carbonyl (C=O) groups excluding carboxylic acids is 1. The summed E-state index contributed by atoms with van der Waals surface area (Å²) in [5.41, 5.74) is 0.584. The van der Waals surface area contributed by atoms with Crippen LogP contribution in [0.15, 0.2) is 47.4 Å². The molecule has 0 heterocycles. The number of halogens is 1. The molecule has 0 atom stereocenters. The van der Waals surface area contributed by atoms with Gasteiger partial charge in [-0.05, 0) is 30.3 Å². The number of thiol groups is 1. The minimum atomic E-state index is -0.649. The maximum absolute atomic E-state index is 13.6. The predicted molar refractivity (Wildman–Crippen MR) is 72.8 cm³/mol. The first-order valence-electron chi connectivity index (χ1n) is 5.41. The number of hydrogen-bond donors (Lipinski definition) is 2. The largest absolute Gasteiger partial charge is 0.319 e. The van der Waals surface area contributed by atoms with Crippen LogP contribution in [0.25, 0.3) is 0 Å². The Kier molecular flexibility index (Phi) is 3.83. The van der Waals surface area contributed by atoms with Gasteiger partial charge in [0.05, 0.1) is 22.9 Å². The summed E-state index contributed by atoms with van der Waals surface area (Å²) >= 11 is 4.16. The molecule has 0 aromatic heterocycles. The molecule has 0 saturated carbocycles. The molecule has 0 fully saturated rings. The van der Waals surface area contributed by atoms with Crippen LogP contribution in [0.3, 0.4) is 0 Å². The minimum absolute atomic E-state index is 0.0283. The molecule has 3 nitrogen and oxygen atoms in total. The van der Waals surface area contributed by atoms with E-state index in [9.17, 15) is 9.18 Å². The molecule has 1 amide bonds. The third-order valence-electron chi connectivity index (χ3n) is 2.50. The number of rotatable bonds is 2. The van der Waals surface area contributed by atoms with Gasteiger partial charge in [-0.1, -0.05) is 12.1 Å². The van der Waals surface area contributed by atoms with Crippen LogP contribution in [0.2, 0.25) is 0 Å². The highest BCUT2D eigenvalue weighted by Crippen LogP contribution is 2.19. The Balaban J connectivity index is 2.25. The molecule has 0 saturated heterocycles. The van der Waals surface area contributed by atoms with E-state index in [1.54, 1.807) is 24.3 Å². The second kappa shape index (κ2) is 5.55. The van der Waals surface area contributed by atoms with Gasteiger partial charge in [0, 0.05) is 4.90 Å². The van der Waals surface area contributed by atoms with Gasteiger partial charge in [0.2, 0.25) is 0 Å². The van der Waals surface area contributed by atoms with E-state index in [0.29, 0.717) is 10.5 Å². The Morgan fingerprint density at radius 2 is 2.00 bits per heavy atom. The summed E-state index contributed by atoms with van der Waals surface area (Å²) in [5, 5.41) is 11.1. The van der Waals surface area contributed by atoms with Crippen molar-refractivity contribution in [3.63, 3.8) is 0 Å². The highest BCUT2D eigenvalue weighted by atomic mass is 32.1. The molecule has 19 heavy (non-hydrogen) atoms. The fourth-order valence-electron chi connectivity index (χ4n) is 1.54. The van der Waals surface area contributed by atoms with Crippen LogP contribution in [0, 0.1) is 17.1 Å². The standard InChI is InChI=1S/C14H9FN2OS/c15-11-7-9(8-16)5-6-12(11)17-14(18)10-3-1-2-4-13(10)19/h1-7,19H,(H,17,18). The zero-order valence-corrected chi connectivity index (χ0v) is 10.6. The van der Waals surface area contributed by atoms with E-state index < -0.39 is 11.7 Å². The summed E-state index contributed by atoms with van der Waals surface area (Å²) in [7, 11) is 0. The van der Waals surface area contributed by atoms with Gasteiger partial charge < -0.3 is 5.32 Å². The van der Waals surface area contributed by atoms with Crippen molar-refractivity contribution in [2.75, 3.05) is 5.32 Å². The average molecular weight is 272 g/mol. The molecule has 2 aromatic rings. The summed E-state index contributed by atoms with van der Waals surface area (Å²) in [6, 6.07) is 12.4. The molecular weight excluding hydrogens is 263 g/mol. The molecule has 0 aliphatic carbocycles. The van der Waals surface area contributed by atoms with E-state index in [-0.39, 0.29) is 11.3 Å². The first-order valence-corrected chi connectivity index (χ1v) is 5.85. The fraction of sp³-hybridized carbons (Fsp3) is 0. The molecule has 0 aliphatic heterocycles. The van der Waals surface area contributed by atoms with Crippen molar-refractivity contribution < 1.29 is 9.18 Å². The van der Waals surface area contributed by atoms with Crippen LogP contribution in [-0.2, 0) is 0 Å². The van der Waals surface area contributed by atoms with Crippen molar-refractivity contribution in [1.82, 2.24) is 0 Å². The quantitative estimate of drug-likeness (QED) is 0.825. The van der Waals surface area contributed by atoms with Gasteiger partial charge in [-0.15, -0.1) is 12.6 Å². The van der Waals surface area contributed by atoms with Crippen LogP contribution in [0.4, 0.5) is 10.1 Å². The number of anilines is 1. The molecular formula is C14H9FN2OS. The molecule has 0 unspecified atom stereocenters. The Morgan fingerprint density at radius 1 is 1.26 bits per heavy atom. The predicted octanol–water partition coefficient (Wildman–Crippen LogP) is 3.24. The number of benzene rings is 2. The Hall–Kier alpha value is -2.32. The highest BCUT2D eigenvalue weighted by molar-refractivity contribution is 7.80. The Bertz CT molecular complexity index is 679. The summed E-state index contributed by atoms with van der Waals surface area (Å²) < 4.78 is 13.6. The van der Waals surface area contributed by atoms with Crippen LogP contribution >= 0.6 is 12.6 Å². The Morgan fingerprint density at radius 3 is 2.63 bits per heavy atom. The van der Waals surface area contributed by atoms with Crippen molar-refractivity contribution in [1.29, 1.82) is 5.26 Å². The van der Waals surface area contributed by atoms with Crippen molar-refractivity contribution in [2.24, 2.45) is 0 Å². The number of nitrogens with one attached hydrogen (secondary N) is 1. The zero-order chi connectivity index (χ0) is 13.8. The van der Waals surface area contributed by atoms with E-state index in [0.717, 1.165) is 6.07 Å². The monoisotopic (exact) mass is 272 g/mol. The number of carbonyl (C=O) groups is 1. The molecule has 94 valence electrons. The first-order chi connectivity index (χ1) is 9.11. The summed E-state index contributed by atoms with van der Waals surface area (Å²) in [6.45, 7) is 0. The third kappa shape index (κ3) is 2.92. The van der Waals surface area contributed by atoms with Crippen LogP contribution in [0.1, 0.15) is 15.9 Å². The van der Waals surface area contributed by atoms with E-state index in [1.165, 1.54) is 12.1 Å². The second-order valence-corrected chi connectivity index (χ2v) is 4.26. The van der Waals surface area contributed by atoms with Crippen molar-refractivity contribution in [2.45, 2.75) is 4.90 Å². The first kappa shape index (κ1) is 13.1. The topological polar surface area (TPSA) is 52.9 Å². The SMILES string of the molecule is N#Cc1ccc(NC(=O)c2ccccc2S)c(F)c1. The van der Waals surface area contributed by atoms with Crippen molar-refractivity contribution >= 4 is 24.2 Å². The van der Waals surface area contributed by atoms with E-state index in [1.807, 2.05) is 6.07 Å². The second-order valence-electron chi connectivity index (χ2n) is 3.78. The molecule has 0 radical (unpaired) electrons. The lowest BCUT2D eigenvalue weighted by Gasteiger charge is -2.08. The zero-order valence-electron chi connectivity index (χ0n) is 9.72. The lowest BCUT2D eigenvalue weighted by molar-refractivity contribution is 0.102. The number of nitriles is 1. The van der Waals surface area contributed by atoms with Crippen LogP contribution in [-0.4, -0.2) is 5.91 Å². The molecule has 5 heteroatoms. The van der Waals surface area contributed by atoms with Crippen LogP contribution < -0.4 is 5.32 Å². The fourth-order valence-corrected chi connectivity index (χ4v) is 1.80. The number of hydrogen-bond acceptors (Lipinski definition) is 3. The van der Waals surface area contributed by atoms with Gasteiger partial charge in [0.25, 0.3) is 5.91 Å². The lowest BCUT2D eigenvalue weighted by atomic mass is 10.2. The smallest absolute Gasteiger partial charge is 0.256 e. The molecule has 0 aliphatic rings. The number of nitrogens with zero attached hydrogens (tertiary/aromatic N) is 1. The molecule has 1 N–H and O–H groups in total. The van der Waals surface area contributed by atoms with Gasteiger partial charge in [-0.2, -0.15) is 5.26 Å². The average Bonchev–Trinajstić information content (AvgIpc) is 2.41. The van der Waals surface area contributed by atoms with E-state index in [4.69, 9.17) is 5.26 Å². The molecule has 2 aromatic carbocycles. The molecule has 2 rings (SSSR count). The van der Waals surface area contributed by atoms with Gasteiger partial charge >= 0.3 is 0 Å². The van der Waals surface area contributed by atoms with Crippen molar-refractivity contribution in [3.8, 4) is 6.07 Å². The van der Waals surface area contributed by atoms with Gasteiger partial charge in [-0.3, -0.25) is 4.79 Å². The highest BCUT2D eigenvalue weighted by Gasteiger charge is 2.11. The minimum Gasteiger partial charge on any atom is -0.319 e. The normalized spacial score (nSPS) is 9.74. The lowest BCUT2D eigenvalue weighted by Crippen LogP contribution is -2.13. The third-order valence-corrected chi connectivity index (χ3v) is 2.89. The number of amides is 1. The maximum atomic E-state index is 13.6. The summed E-state index contributed by atoms with van der Waals surface area (Å²) in [4.78, 5) is 12.5.